The molecule has 28 heavy (non-hydrogen) atoms. The Morgan fingerprint density at radius 2 is 1.61 bits per heavy atom. The van der Waals surface area contributed by atoms with Crippen LogP contribution >= 0.6 is 0 Å². The van der Waals surface area contributed by atoms with Gasteiger partial charge in [0.2, 0.25) is 21.9 Å². The second-order valence-electron chi connectivity index (χ2n) is 6.95. The van der Waals surface area contributed by atoms with E-state index in [0.717, 1.165) is 0 Å². The lowest BCUT2D eigenvalue weighted by atomic mass is 10.2. The minimum absolute atomic E-state index is 0.106. The van der Waals surface area contributed by atoms with Gasteiger partial charge < -0.3 is 9.80 Å². The van der Waals surface area contributed by atoms with E-state index in [0.29, 0.717) is 51.5 Å². The molecular weight excluding hydrogens is 378 g/mol. The highest BCUT2D eigenvalue weighted by Gasteiger charge is 2.41. The van der Waals surface area contributed by atoms with Crippen LogP contribution in [0.5, 0.6) is 0 Å². The van der Waals surface area contributed by atoms with Gasteiger partial charge >= 0.3 is 0 Å². The molecule has 0 spiro atoms. The van der Waals surface area contributed by atoms with Crippen LogP contribution in [-0.2, 0) is 14.8 Å². The minimum atomic E-state index is -3.67. The molecule has 148 valence electrons. The summed E-state index contributed by atoms with van der Waals surface area (Å²) in [5.74, 6) is 0.550. The third-order valence-electron chi connectivity index (χ3n) is 5.26. The highest BCUT2D eigenvalue weighted by atomic mass is 32.2. The van der Waals surface area contributed by atoms with Crippen molar-refractivity contribution < 1.29 is 13.2 Å². The van der Waals surface area contributed by atoms with Gasteiger partial charge in [-0.25, -0.2) is 18.4 Å². The molecule has 1 aromatic heterocycles. The summed E-state index contributed by atoms with van der Waals surface area (Å²) in [5, 5.41) is 0. The zero-order valence-corrected chi connectivity index (χ0v) is 16.3. The lowest BCUT2D eigenvalue weighted by molar-refractivity contribution is -0.134. The highest BCUT2D eigenvalue weighted by Crippen LogP contribution is 2.27. The molecule has 2 aromatic rings. The number of piperazine rings is 1. The van der Waals surface area contributed by atoms with E-state index in [9.17, 15) is 13.2 Å². The molecule has 0 bridgehead atoms. The van der Waals surface area contributed by atoms with Crippen LogP contribution in [0, 0.1) is 0 Å². The van der Waals surface area contributed by atoms with E-state index in [1.165, 1.54) is 4.31 Å². The van der Waals surface area contributed by atoms with Crippen molar-refractivity contribution in [1.29, 1.82) is 0 Å². The van der Waals surface area contributed by atoms with Gasteiger partial charge in [-0.15, -0.1) is 0 Å². The Morgan fingerprint density at radius 3 is 2.29 bits per heavy atom. The molecule has 1 aromatic carbocycles. The maximum Gasteiger partial charge on any atom is 0.243 e. The molecule has 0 radical (unpaired) electrons. The number of nitrogens with zero attached hydrogens (tertiary/aromatic N) is 5. The van der Waals surface area contributed by atoms with E-state index in [1.807, 2.05) is 4.90 Å². The van der Waals surface area contributed by atoms with Crippen molar-refractivity contribution in [2.24, 2.45) is 0 Å². The summed E-state index contributed by atoms with van der Waals surface area (Å²) in [7, 11) is -3.67. The third-order valence-corrected chi connectivity index (χ3v) is 7.19. The monoisotopic (exact) mass is 401 g/mol. The van der Waals surface area contributed by atoms with Gasteiger partial charge in [-0.1, -0.05) is 18.2 Å². The molecule has 0 aliphatic carbocycles. The molecule has 0 N–H and O–H groups in total. The molecule has 2 aliphatic rings. The number of amides is 1. The van der Waals surface area contributed by atoms with Crippen molar-refractivity contribution in [2.75, 3.05) is 37.6 Å². The topological polar surface area (TPSA) is 86.7 Å². The number of carbonyl (C=O) groups is 1. The second-order valence-corrected chi connectivity index (χ2v) is 8.84. The van der Waals surface area contributed by atoms with Gasteiger partial charge in [0.1, 0.15) is 6.04 Å². The Balaban J connectivity index is 1.45. The van der Waals surface area contributed by atoms with Crippen molar-refractivity contribution in [1.82, 2.24) is 19.2 Å². The molecule has 2 aliphatic heterocycles. The van der Waals surface area contributed by atoms with Crippen LogP contribution in [0.1, 0.15) is 12.8 Å². The second kappa shape index (κ2) is 7.84. The Kier molecular flexibility index (Phi) is 5.27. The van der Waals surface area contributed by atoms with Gasteiger partial charge in [0.25, 0.3) is 0 Å². The van der Waals surface area contributed by atoms with Crippen molar-refractivity contribution in [3.05, 3.63) is 48.8 Å². The molecule has 2 fully saturated rings. The Labute approximate surface area is 164 Å². The van der Waals surface area contributed by atoms with Gasteiger partial charge in [-0.2, -0.15) is 4.31 Å². The van der Waals surface area contributed by atoms with E-state index in [2.05, 4.69) is 9.97 Å². The number of rotatable bonds is 4. The van der Waals surface area contributed by atoms with Crippen LogP contribution in [0.4, 0.5) is 5.95 Å². The third kappa shape index (κ3) is 3.59. The SMILES string of the molecule is O=C(C1CCCN1S(=O)(=O)c1ccccc1)N1CCN(c2ncccn2)CC1. The number of sulfonamides is 1. The van der Waals surface area contributed by atoms with Gasteiger partial charge in [-0.05, 0) is 31.0 Å². The summed E-state index contributed by atoms with van der Waals surface area (Å²) in [6, 6.07) is 9.48. The zero-order chi connectivity index (χ0) is 19.6. The van der Waals surface area contributed by atoms with Crippen LogP contribution in [0.3, 0.4) is 0 Å². The molecule has 0 saturated carbocycles. The van der Waals surface area contributed by atoms with E-state index in [1.54, 1.807) is 53.7 Å². The number of anilines is 1. The fourth-order valence-electron chi connectivity index (χ4n) is 3.79. The first-order valence-corrected chi connectivity index (χ1v) is 10.9. The molecule has 8 nitrogen and oxygen atoms in total. The molecule has 9 heteroatoms. The largest absolute Gasteiger partial charge is 0.338 e. The average molecular weight is 401 g/mol. The minimum Gasteiger partial charge on any atom is -0.338 e. The Hall–Kier alpha value is -2.52. The summed E-state index contributed by atoms with van der Waals surface area (Å²) in [5.41, 5.74) is 0. The molecule has 4 rings (SSSR count). The first kappa shape index (κ1) is 18.8. The lowest BCUT2D eigenvalue weighted by Gasteiger charge is -2.37. The predicted octanol–water partition coefficient (Wildman–Crippen LogP) is 0.978. The standard InChI is InChI=1S/C19H23N5O3S/c25-18(22-12-14-23(15-13-22)19-20-9-5-10-21-19)17-8-4-11-24(17)28(26,27)16-6-2-1-3-7-16/h1-3,5-7,9-10,17H,4,8,11-15H2. The summed E-state index contributed by atoms with van der Waals surface area (Å²) < 4.78 is 27.4. The molecule has 2 saturated heterocycles. The predicted molar refractivity (Wildman–Crippen MR) is 104 cm³/mol. The summed E-state index contributed by atoms with van der Waals surface area (Å²) in [6.07, 6.45) is 4.66. The number of hydrogen-bond acceptors (Lipinski definition) is 6. The van der Waals surface area contributed by atoms with Crippen LogP contribution in [-0.4, -0.2) is 72.3 Å². The summed E-state index contributed by atoms with van der Waals surface area (Å²) >= 11 is 0. The summed E-state index contributed by atoms with van der Waals surface area (Å²) in [6.45, 7) is 2.72. The quantitative estimate of drug-likeness (QED) is 0.759. The molecular formula is C19H23N5O3S. The van der Waals surface area contributed by atoms with Crippen LogP contribution in [0.2, 0.25) is 0 Å². The van der Waals surface area contributed by atoms with E-state index in [4.69, 9.17) is 0 Å². The van der Waals surface area contributed by atoms with E-state index >= 15 is 0 Å². The first-order valence-electron chi connectivity index (χ1n) is 9.45. The Bertz CT molecular complexity index is 915. The first-order chi connectivity index (χ1) is 13.6. The number of carbonyl (C=O) groups excluding carboxylic acids is 1. The van der Waals surface area contributed by atoms with Gasteiger partial charge in [-0.3, -0.25) is 4.79 Å². The van der Waals surface area contributed by atoms with Crippen molar-refractivity contribution in [3.8, 4) is 0 Å². The van der Waals surface area contributed by atoms with Crippen molar-refractivity contribution >= 4 is 21.9 Å². The number of benzene rings is 1. The van der Waals surface area contributed by atoms with Gasteiger partial charge in [0.15, 0.2) is 0 Å². The smallest absolute Gasteiger partial charge is 0.243 e. The molecule has 3 heterocycles. The number of hydrogen-bond donors (Lipinski definition) is 0. The van der Waals surface area contributed by atoms with E-state index in [-0.39, 0.29) is 10.8 Å². The summed E-state index contributed by atoms with van der Waals surface area (Å²) in [4.78, 5) is 25.6. The fourth-order valence-corrected chi connectivity index (χ4v) is 5.47. The Morgan fingerprint density at radius 1 is 0.929 bits per heavy atom. The van der Waals surface area contributed by atoms with Crippen LogP contribution < -0.4 is 4.90 Å². The maximum atomic E-state index is 13.1. The lowest BCUT2D eigenvalue weighted by Crippen LogP contribution is -2.54. The van der Waals surface area contributed by atoms with Crippen molar-refractivity contribution in [3.63, 3.8) is 0 Å². The van der Waals surface area contributed by atoms with Gasteiger partial charge in [0, 0.05) is 45.1 Å². The number of aromatic nitrogens is 2. The van der Waals surface area contributed by atoms with Gasteiger partial charge in [0.05, 0.1) is 4.90 Å². The van der Waals surface area contributed by atoms with Crippen LogP contribution in [0.25, 0.3) is 0 Å². The molecule has 1 unspecified atom stereocenters. The molecule has 1 atom stereocenters. The zero-order valence-electron chi connectivity index (χ0n) is 15.5. The molecule has 1 amide bonds. The van der Waals surface area contributed by atoms with Crippen molar-refractivity contribution in [2.45, 2.75) is 23.8 Å². The van der Waals surface area contributed by atoms with E-state index < -0.39 is 16.1 Å². The normalized spacial score (nSPS) is 21.1. The van der Waals surface area contributed by atoms with Crippen LogP contribution in [0.15, 0.2) is 53.7 Å². The highest BCUT2D eigenvalue weighted by molar-refractivity contribution is 7.89. The maximum absolute atomic E-state index is 13.1. The average Bonchev–Trinajstić information content (AvgIpc) is 3.25. The fraction of sp³-hybridized carbons (Fsp3) is 0.421.